The van der Waals surface area contributed by atoms with Crippen molar-refractivity contribution in [3.05, 3.63) is 63.1 Å². The van der Waals surface area contributed by atoms with Crippen LogP contribution in [0.1, 0.15) is 24.5 Å². The molecule has 2 aromatic rings. The Morgan fingerprint density at radius 2 is 2.00 bits per heavy atom. The number of para-hydroxylation sites is 1. The lowest BCUT2D eigenvalue weighted by molar-refractivity contribution is 0.305. The molecule has 0 heterocycles. The zero-order chi connectivity index (χ0) is 15.1. The number of halogens is 2. The van der Waals surface area contributed by atoms with Crippen LogP contribution in [0.2, 0.25) is 5.02 Å². The van der Waals surface area contributed by atoms with E-state index >= 15 is 0 Å². The molecule has 0 aliphatic carbocycles. The van der Waals surface area contributed by atoms with Gasteiger partial charge in [0.2, 0.25) is 0 Å². The third-order valence-corrected chi connectivity index (χ3v) is 4.14. The molecule has 0 spiro atoms. The summed E-state index contributed by atoms with van der Waals surface area (Å²) in [7, 11) is 0. The van der Waals surface area contributed by atoms with Gasteiger partial charge in [0.1, 0.15) is 12.4 Å². The third-order valence-electron chi connectivity index (χ3n) is 3.09. The van der Waals surface area contributed by atoms with Crippen molar-refractivity contribution in [2.45, 2.75) is 26.5 Å². The van der Waals surface area contributed by atoms with Crippen LogP contribution in [-0.2, 0) is 13.2 Å². The lowest BCUT2D eigenvalue weighted by atomic mass is 10.1. The quantitative estimate of drug-likeness (QED) is 0.680. The summed E-state index contributed by atoms with van der Waals surface area (Å²) in [5, 5.41) is 4.03. The van der Waals surface area contributed by atoms with Crippen molar-refractivity contribution in [1.82, 2.24) is 5.32 Å². The van der Waals surface area contributed by atoms with Gasteiger partial charge >= 0.3 is 0 Å². The van der Waals surface area contributed by atoms with Crippen LogP contribution in [0.5, 0.6) is 5.75 Å². The molecule has 0 saturated heterocycles. The minimum Gasteiger partial charge on any atom is -0.487 e. The molecule has 2 nitrogen and oxygen atoms in total. The molecule has 2 aromatic carbocycles. The predicted molar refractivity (Wildman–Crippen MR) is 91.9 cm³/mol. The Balaban J connectivity index is 1.96. The van der Waals surface area contributed by atoms with Crippen LogP contribution in [0.3, 0.4) is 0 Å². The number of benzene rings is 2. The highest BCUT2D eigenvalue weighted by Gasteiger charge is 2.05. The van der Waals surface area contributed by atoms with Crippen LogP contribution in [0.25, 0.3) is 0 Å². The van der Waals surface area contributed by atoms with Gasteiger partial charge in [-0.2, -0.15) is 0 Å². The van der Waals surface area contributed by atoms with Crippen molar-refractivity contribution >= 4 is 27.5 Å². The molecular formula is C17H19BrClNO. The van der Waals surface area contributed by atoms with Crippen molar-refractivity contribution in [3.8, 4) is 5.75 Å². The summed E-state index contributed by atoms with van der Waals surface area (Å²) in [6.45, 7) is 4.58. The van der Waals surface area contributed by atoms with Gasteiger partial charge in [0, 0.05) is 16.6 Å². The number of hydrogen-bond acceptors (Lipinski definition) is 2. The van der Waals surface area contributed by atoms with E-state index in [0.29, 0.717) is 17.4 Å². The standard InChI is InChI=1S/C17H19BrClNO/c1-2-9-20-11-13-7-8-14(15(18)10-13)12-21-17-6-4-3-5-16(17)19/h3-8,10,20H,2,9,11-12H2,1H3. The van der Waals surface area contributed by atoms with E-state index in [2.05, 4.69) is 46.4 Å². The number of hydrogen-bond donors (Lipinski definition) is 1. The average Bonchev–Trinajstić information content (AvgIpc) is 2.48. The Kier molecular flexibility index (Phi) is 6.55. The van der Waals surface area contributed by atoms with E-state index in [1.165, 1.54) is 5.56 Å². The topological polar surface area (TPSA) is 21.3 Å². The largest absolute Gasteiger partial charge is 0.487 e. The van der Waals surface area contributed by atoms with Gasteiger partial charge in [-0.25, -0.2) is 0 Å². The Labute approximate surface area is 139 Å². The second-order valence-corrected chi connectivity index (χ2v) is 6.08. The predicted octanol–water partition coefficient (Wildman–Crippen LogP) is 5.18. The fourth-order valence-electron chi connectivity index (χ4n) is 1.94. The molecule has 112 valence electrons. The Hall–Kier alpha value is -1.03. The zero-order valence-corrected chi connectivity index (χ0v) is 14.4. The fourth-order valence-corrected chi connectivity index (χ4v) is 2.68. The zero-order valence-electron chi connectivity index (χ0n) is 12.0. The van der Waals surface area contributed by atoms with Crippen molar-refractivity contribution in [3.63, 3.8) is 0 Å². The molecule has 0 unspecified atom stereocenters. The summed E-state index contributed by atoms with van der Waals surface area (Å²) in [4.78, 5) is 0. The fraction of sp³-hybridized carbons (Fsp3) is 0.294. The van der Waals surface area contributed by atoms with Gasteiger partial charge in [-0.05, 0) is 36.7 Å². The van der Waals surface area contributed by atoms with Crippen molar-refractivity contribution in [2.24, 2.45) is 0 Å². The van der Waals surface area contributed by atoms with Crippen LogP contribution >= 0.6 is 27.5 Å². The normalized spacial score (nSPS) is 10.6. The number of rotatable bonds is 7. The molecule has 0 bridgehead atoms. The van der Waals surface area contributed by atoms with E-state index in [1.54, 1.807) is 0 Å². The third kappa shape index (κ3) is 5.03. The van der Waals surface area contributed by atoms with Crippen LogP contribution in [-0.4, -0.2) is 6.54 Å². The summed E-state index contributed by atoms with van der Waals surface area (Å²) < 4.78 is 6.83. The molecule has 0 aromatic heterocycles. The molecule has 0 amide bonds. The maximum Gasteiger partial charge on any atom is 0.138 e. The summed E-state index contributed by atoms with van der Waals surface area (Å²) in [6.07, 6.45) is 1.14. The molecule has 0 radical (unpaired) electrons. The van der Waals surface area contributed by atoms with Crippen molar-refractivity contribution in [1.29, 1.82) is 0 Å². The van der Waals surface area contributed by atoms with Crippen molar-refractivity contribution in [2.75, 3.05) is 6.54 Å². The van der Waals surface area contributed by atoms with E-state index in [9.17, 15) is 0 Å². The number of ether oxygens (including phenoxy) is 1. The maximum absolute atomic E-state index is 6.08. The smallest absolute Gasteiger partial charge is 0.138 e. The van der Waals surface area contributed by atoms with Gasteiger partial charge in [0.25, 0.3) is 0 Å². The minimum absolute atomic E-state index is 0.493. The summed E-state index contributed by atoms with van der Waals surface area (Å²) in [5.74, 6) is 0.708. The summed E-state index contributed by atoms with van der Waals surface area (Å²) in [6, 6.07) is 13.9. The molecule has 2 rings (SSSR count). The van der Waals surface area contributed by atoms with Crippen LogP contribution < -0.4 is 10.1 Å². The van der Waals surface area contributed by atoms with E-state index < -0.39 is 0 Å². The van der Waals surface area contributed by atoms with Gasteiger partial charge < -0.3 is 10.1 Å². The lowest BCUT2D eigenvalue weighted by Crippen LogP contribution is -2.13. The summed E-state index contributed by atoms with van der Waals surface area (Å²) in [5.41, 5.74) is 2.37. The number of nitrogens with one attached hydrogen (secondary N) is 1. The summed E-state index contributed by atoms with van der Waals surface area (Å²) >= 11 is 9.69. The second-order valence-electron chi connectivity index (χ2n) is 4.82. The first-order valence-corrected chi connectivity index (χ1v) is 8.23. The average molecular weight is 369 g/mol. The van der Waals surface area contributed by atoms with Crippen molar-refractivity contribution < 1.29 is 4.74 Å². The van der Waals surface area contributed by atoms with E-state index in [4.69, 9.17) is 16.3 Å². The van der Waals surface area contributed by atoms with Gasteiger partial charge in [-0.3, -0.25) is 0 Å². The van der Waals surface area contributed by atoms with Gasteiger partial charge in [-0.1, -0.05) is 58.7 Å². The van der Waals surface area contributed by atoms with E-state index in [0.717, 1.165) is 29.5 Å². The molecule has 0 fully saturated rings. The first kappa shape index (κ1) is 16.3. The molecule has 4 heteroatoms. The first-order valence-electron chi connectivity index (χ1n) is 7.06. The Morgan fingerprint density at radius 3 is 2.71 bits per heavy atom. The monoisotopic (exact) mass is 367 g/mol. The van der Waals surface area contributed by atoms with E-state index in [1.807, 2.05) is 24.3 Å². The van der Waals surface area contributed by atoms with Crippen LogP contribution in [0, 0.1) is 0 Å². The molecule has 0 aliphatic heterocycles. The minimum atomic E-state index is 0.493. The molecule has 0 saturated carbocycles. The Morgan fingerprint density at radius 1 is 1.19 bits per heavy atom. The van der Waals surface area contributed by atoms with Crippen LogP contribution in [0.4, 0.5) is 0 Å². The first-order chi connectivity index (χ1) is 10.2. The van der Waals surface area contributed by atoms with E-state index in [-0.39, 0.29) is 0 Å². The molecule has 0 aliphatic rings. The maximum atomic E-state index is 6.08. The Bertz CT molecular complexity index is 589. The van der Waals surface area contributed by atoms with Gasteiger partial charge in [0.15, 0.2) is 0 Å². The second kappa shape index (κ2) is 8.42. The highest BCUT2D eigenvalue weighted by molar-refractivity contribution is 9.10. The SMILES string of the molecule is CCCNCc1ccc(COc2ccccc2Cl)c(Br)c1. The molecule has 21 heavy (non-hydrogen) atoms. The van der Waals surface area contributed by atoms with Crippen LogP contribution in [0.15, 0.2) is 46.9 Å². The highest BCUT2D eigenvalue weighted by Crippen LogP contribution is 2.26. The van der Waals surface area contributed by atoms with Gasteiger partial charge in [-0.15, -0.1) is 0 Å². The molecule has 1 N–H and O–H groups in total. The lowest BCUT2D eigenvalue weighted by Gasteiger charge is -2.11. The molecular weight excluding hydrogens is 350 g/mol. The molecule has 0 atom stereocenters. The highest BCUT2D eigenvalue weighted by atomic mass is 79.9. The van der Waals surface area contributed by atoms with Gasteiger partial charge in [0.05, 0.1) is 5.02 Å².